The number of rotatable bonds is 6. The van der Waals surface area contributed by atoms with E-state index in [2.05, 4.69) is 9.97 Å². The van der Waals surface area contributed by atoms with Gasteiger partial charge >= 0.3 is 5.69 Å². The minimum Gasteiger partial charge on any atom is -0.491 e. The van der Waals surface area contributed by atoms with E-state index in [1.54, 1.807) is 11.9 Å². The number of aromatic nitrogens is 2. The maximum Gasteiger partial charge on any atom is 0.329 e. The van der Waals surface area contributed by atoms with E-state index in [-0.39, 0.29) is 17.6 Å². The lowest BCUT2D eigenvalue weighted by atomic mass is 10.2. The normalized spacial score (nSPS) is 10.6. The van der Waals surface area contributed by atoms with Crippen molar-refractivity contribution in [1.82, 2.24) is 9.97 Å². The first-order chi connectivity index (χ1) is 10.9. The molecule has 0 aliphatic carbocycles. The summed E-state index contributed by atoms with van der Waals surface area (Å²) in [6.45, 7) is 4.45. The maximum absolute atomic E-state index is 10.7. The molecule has 1 aromatic carbocycles. The first kappa shape index (κ1) is 16.5. The van der Waals surface area contributed by atoms with Crippen LogP contribution in [0.1, 0.15) is 19.4 Å². The molecule has 0 atom stereocenters. The highest BCUT2D eigenvalue weighted by Crippen LogP contribution is 2.21. The summed E-state index contributed by atoms with van der Waals surface area (Å²) < 4.78 is 5.66. The van der Waals surface area contributed by atoms with Crippen LogP contribution in [-0.2, 0) is 6.54 Å². The van der Waals surface area contributed by atoms with E-state index in [9.17, 15) is 10.1 Å². The Bertz CT molecular complexity index is 705. The summed E-state index contributed by atoms with van der Waals surface area (Å²) in [4.78, 5) is 19.9. The number of nitrogen functional groups attached to an aromatic ring is 1. The smallest absolute Gasteiger partial charge is 0.329 e. The molecule has 1 aromatic heterocycles. The van der Waals surface area contributed by atoms with Gasteiger partial charge in [-0.1, -0.05) is 12.1 Å². The topological polar surface area (TPSA) is 107 Å². The van der Waals surface area contributed by atoms with Gasteiger partial charge in [0.2, 0.25) is 11.8 Å². The highest BCUT2D eigenvalue weighted by molar-refractivity contribution is 5.53. The minimum atomic E-state index is -0.605. The van der Waals surface area contributed by atoms with E-state index in [1.807, 2.05) is 38.1 Å². The number of benzene rings is 1. The zero-order valence-corrected chi connectivity index (χ0v) is 13.3. The fraction of sp³-hybridized carbons (Fsp3) is 0.333. The molecule has 8 heteroatoms. The Morgan fingerprint density at radius 2 is 2.17 bits per heavy atom. The van der Waals surface area contributed by atoms with E-state index in [0.29, 0.717) is 12.5 Å². The van der Waals surface area contributed by atoms with Crippen LogP contribution in [0.4, 0.5) is 17.5 Å². The molecule has 0 aliphatic heterocycles. The summed E-state index contributed by atoms with van der Waals surface area (Å²) in [5, 5.41) is 10.7. The Labute approximate surface area is 134 Å². The molecule has 1 heterocycles. The lowest BCUT2D eigenvalue weighted by Crippen LogP contribution is -2.20. The second-order valence-corrected chi connectivity index (χ2v) is 5.37. The molecule has 0 radical (unpaired) electrons. The molecule has 0 bridgehead atoms. The molecule has 0 saturated heterocycles. The van der Waals surface area contributed by atoms with Gasteiger partial charge in [0.05, 0.1) is 11.0 Å². The third kappa shape index (κ3) is 4.29. The third-order valence-electron chi connectivity index (χ3n) is 3.01. The third-order valence-corrected chi connectivity index (χ3v) is 3.01. The van der Waals surface area contributed by atoms with E-state index in [1.165, 1.54) is 0 Å². The molecule has 0 fully saturated rings. The lowest BCUT2D eigenvalue weighted by molar-refractivity contribution is -0.384. The van der Waals surface area contributed by atoms with E-state index >= 15 is 0 Å². The predicted octanol–water partition coefficient (Wildman–Crippen LogP) is 2.39. The van der Waals surface area contributed by atoms with E-state index in [0.717, 1.165) is 17.5 Å². The zero-order chi connectivity index (χ0) is 17.0. The van der Waals surface area contributed by atoms with Gasteiger partial charge in [0.25, 0.3) is 0 Å². The molecule has 0 saturated carbocycles. The monoisotopic (exact) mass is 317 g/mol. The average molecular weight is 317 g/mol. The molecular formula is C15H19N5O3. The van der Waals surface area contributed by atoms with E-state index in [4.69, 9.17) is 10.5 Å². The summed E-state index contributed by atoms with van der Waals surface area (Å²) in [6, 6.07) is 7.69. The first-order valence-electron chi connectivity index (χ1n) is 7.10. The van der Waals surface area contributed by atoms with Gasteiger partial charge in [-0.15, -0.1) is 0 Å². The van der Waals surface area contributed by atoms with Crippen LogP contribution < -0.4 is 15.4 Å². The molecule has 2 N–H and O–H groups in total. The number of hydrogen-bond acceptors (Lipinski definition) is 7. The number of anilines is 2. The Morgan fingerprint density at radius 1 is 1.43 bits per heavy atom. The number of hydrogen-bond donors (Lipinski definition) is 1. The van der Waals surface area contributed by atoms with Gasteiger partial charge in [-0.05, 0) is 31.5 Å². The Balaban J connectivity index is 2.14. The lowest BCUT2D eigenvalue weighted by Gasteiger charge is -2.18. The standard InChI is InChI=1S/C15H19N5O3/c1-10(2)23-12-6-4-5-11(7-12)9-19(3)15-17-8-13(20(21)22)14(16)18-15/h4-8,10H,9H2,1-3H3,(H2,16,17,18). The molecular weight excluding hydrogens is 298 g/mol. The van der Waals surface area contributed by atoms with Crippen LogP contribution in [0.15, 0.2) is 30.5 Å². The molecule has 0 unspecified atom stereocenters. The number of nitrogens with zero attached hydrogens (tertiary/aromatic N) is 4. The van der Waals surface area contributed by atoms with Crippen LogP contribution in [0, 0.1) is 10.1 Å². The van der Waals surface area contributed by atoms with Crippen LogP contribution in [0.3, 0.4) is 0 Å². The summed E-state index contributed by atoms with van der Waals surface area (Å²) in [5.74, 6) is 0.960. The Kier molecular flexibility index (Phi) is 4.95. The van der Waals surface area contributed by atoms with Crippen LogP contribution in [-0.4, -0.2) is 28.0 Å². The molecule has 2 aromatic rings. The Morgan fingerprint density at radius 3 is 2.78 bits per heavy atom. The van der Waals surface area contributed by atoms with Gasteiger partial charge in [-0.2, -0.15) is 4.98 Å². The van der Waals surface area contributed by atoms with Crippen LogP contribution in [0.5, 0.6) is 5.75 Å². The molecule has 0 aliphatic rings. The van der Waals surface area contributed by atoms with Crippen molar-refractivity contribution in [3.63, 3.8) is 0 Å². The van der Waals surface area contributed by atoms with Crippen molar-refractivity contribution in [3.8, 4) is 5.75 Å². The van der Waals surface area contributed by atoms with E-state index < -0.39 is 4.92 Å². The number of nitro groups is 1. The molecule has 122 valence electrons. The van der Waals surface area contributed by atoms with Crippen molar-refractivity contribution < 1.29 is 9.66 Å². The van der Waals surface area contributed by atoms with Crippen LogP contribution >= 0.6 is 0 Å². The van der Waals surface area contributed by atoms with Crippen LogP contribution in [0.25, 0.3) is 0 Å². The summed E-state index contributed by atoms with van der Waals surface area (Å²) >= 11 is 0. The average Bonchev–Trinajstić information content (AvgIpc) is 2.46. The van der Waals surface area contributed by atoms with Gasteiger partial charge in [-0.25, -0.2) is 4.98 Å². The van der Waals surface area contributed by atoms with Crippen molar-refractivity contribution >= 4 is 17.5 Å². The number of nitrogens with two attached hydrogens (primary N) is 1. The highest BCUT2D eigenvalue weighted by Gasteiger charge is 2.16. The minimum absolute atomic E-state index is 0.0979. The van der Waals surface area contributed by atoms with Crippen molar-refractivity contribution in [2.24, 2.45) is 0 Å². The number of ether oxygens (including phenoxy) is 1. The van der Waals surface area contributed by atoms with Gasteiger partial charge in [0.15, 0.2) is 0 Å². The molecule has 0 spiro atoms. The quantitative estimate of drug-likeness (QED) is 0.643. The second-order valence-electron chi connectivity index (χ2n) is 5.37. The van der Waals surface area contributed by atoms with Crippen molar-refractivity contribution in [2.75, 3.05) is 17.7 Å². The fourth-order valence-electron chi connectivity index (χ4n) is 2.04. The summed E-state index contributed by atoms with van der Waals surface area (Å²) in [7, 11) is 1.79. The summed E-state index contributed by atoms with van der Waals surface area (Å²) in [5.41, 5.74) is 6.30. The molecule has 8 nitrogen and oxygen atoms in total. The van der Waals surface area contributed by atoms with Gasteiger partial charge < -0.3 is 15.4 Å². The van der Waals surface area contributed by atoms with Gasteiger partial charge in [-0.3, -0.25) is 10.1 Å². The van der Waals surface area contributed by atoms with Crippen molar-refractivity contribution in [2.45, 2.75) is 26.5 Å². The highest BCUT2D eigenvalue weighted by atomic mass is 16.6. The SMILES string of the molecule is CC(C)Oc1cccc(CN(C)c2ncc([N+](=O)[O-])c(N)n2)c1. The zero-order valence-electron chi connectivity index (χ0n) is 13.3. The van der Waals surface area contributed by atoms with Crippen LogP contribution in [0.2, 0.25) is 0 Å². The molecule has 2 rings (SSSR count). The van der Waals surface area contributed by atoms with Gasteiger partial charge in [0, 0.05) is 13.6 Å². The van der Waals surface area contributed by atoms with Gasteiger partial charge in [0.1, 0.15) is 11.9 Å². The molecule has 23 heavy (non-hydrogen) atoms. The first-order valence-corrected chi connectivity index (χ1v) is 7.10. The van der Waals surface area contributed by atoms with Crippen molar-refractivity contribution in [1.29, 1.82) is 0 Å². The largest absolute Gasteiger partial charge is 0.491 e. The summed E-state index contributed by atoms with van der Waals surface area (Å²) in [6.07, 6.45) is 1.22. The fourth-order valence-corrected chi connectivity index (χ4v) is 2.04. The maximum atomic E-state index is 10.7. The predicted molar refractivity (Wildman–Crippen MR) is 87.4 cm³/mol. The van der Waals surface area contributed by atoms with Crippen molar-refractivity contribution in [3.05, 3.63) is 46.1 Å². The second kappa shape index (κ2) is 6.91. The molecule has 0 amide bonds. The Hall–Kier alpha value is -2.90.